The molecule has 6 heteroatoms. The molecular weight excluding hydrogens is 434 g/mol. The number of alkyl halides is 1. The van der Waals surface area contributed by atoms with Gasteiger partial charge in [0.1, 0.15) is 18.2 Å². The van der Waals surface area contributed by atoms with Gasteiger partial charge in [-0.05, 0) is 61.7 Å². The first-order valence-corrected chi connectivity index (χ1v) is 8.12. The summed E-state index contributed by atoms with van der Waals surface area (Å²) in [6, 6.07) is 8.25. The Morgan fingerprint density at radius 1 is 1.15 bits per heavy atom. The lowest BCUT2D eigenvalue weighted by atomic mass is 10.2. The molecule has 0 spiro atoms. The summed E-state index contributed by atoms with van der Waals surface area (Å²) < 4.78 is 20.8. The maximum Gasteiger partial charge on any atom is 0.148 e. The van der Waals surface area contributed by atoms with Crippen molar-refractivity contribution in [3.63, 3.8) is 0 Å². The predicted molar refractivity (Wildman–Crippen MR) is 87.1 cm³/mol. The highest BCUT2D eigenvalue weighted by Crippen LogP contribution is 2.36. The topological polar surface area (TPSA) is 9.23 Å². The Labute approximate surface area is 143 Å². The summed E-state index contributed by atoms with van der Waals surface area (Å²) in [7, 11) is 0. The van der Waals surface area contributed by atoms with Crippen molar-refractivity contribution in [1.82, 2.24) is 0 Å². The lowest BCUT2D eigenvalue weighted by molar-refractivity contribution is 0.296. The van der Waals surface area contributed by atoms with E-state index in [0.717, 1.165) is 14.5 Å². The van der Waals surface area contributed by atoms with Crippen LogP contribution in [0.4, 0.5) is 4.39 Å². The van der Waals surface area contributed by atoms with E-state index in [4.69, 9.17) is 27.9 Å². The van der Waals surface area contributed by atoms with Crippen molar-refractivity contribution in [3.8, 4) is 5.75 Å². The van der Waals surface area contributed by atoms with Crippen LogP contribution in [-0.2, 0) is 12.5 Å². The average molecular weight is 443 g/mol. The Hall–Kier alpha value is -0.290. The van der Waals surface area contributed by atoms with Crippen LogP contribution in [0.5, 0.6) is 5.75 Å². The number of benzene rings is 2. The molecule has 1 nitrogen and oxygen atoms in total. The molecule has 2 rings (SSSR count). The smallest absolute Gasteiger partial charge is 0.148 e. The van der Waals surface area contributed by atoms with Crippen LogP contribution in [0.2, 0.25) is 5.02 Å². The molecule has 0 radical (unpaired) electrons. The fraction of sp³-hybridized carbons (Fsp3) is 0.143. The van der Waals surface area contributed by atoms with Gasteiger partial charge in [-0.3, -0.25) is 0 Å². The van der Waals surface area contributed by atoms with E-state index in [2.05, 4.69) is 31.9 Å². The number of hydrogen-bond donors (Lipinski definition) is 0. The summed E-state index contributed by atoms with van der Waals surface area (Å²) >= 11 is 18.6. The van der Waals surface area contributed by atoms with Gasteiger partial charge < -0.3 is 4.74 Å². The zero-order valence-corrected chi connectivity index (χ0v) is 14.8. The van der Waals surface area contributed by atoms with Gasteiger partial charge in [0.15, 0.2) is 0 Å². The van der Waals surface area contributed by atoms with E-state index in [9.17, 15) is 4.39 Å². The van der Waals surface area contributed by atoms with Crippen molar-refractivity contribution in [3.05, 3.63) is 61.2 Å². The van der Waals surface area contributed by atoms with E-state index in [1.165, 1.54) is 6.07 Å². The molecule has 0 unspecified atom stereocenters. The lowest BCUT2D eigenvalue weighted by Gasteiger charge is -2.13. The fourth-order valence-corrected chi connectivity index (χ4v) is 3.52. The zero-order valence-electron chi connectivity index (χ0n) is 10.1. The first-order chi connectivity index (χ1) is 9.52. The SMILES string of the molecule is Fc1cccc(Cl)c1COc1c(Br)cc(CCl)cc1Br. The summed E-state index contributed by atoms with van der Waals surface area (Å²) in [5, 5.41) is 0.342. The van der Waals surface area contributed by atoms with E-state index >= 15 is 0 Å². The Morgan fingerprint density at radius 3 is 2.35 bits per heavy atom. The highest BCUT2D eigenvalue weighted by atomic mass is 79.9. The van der Waals surface area contributed by atoms with Crippen LogP contribution in [0.15, 0.2) is 39.3 Å². The second-order valence-corrected chi connectivity index (χ2v) is 6.39. The van der Waals surface area contributed by atoms with Crippen molar-refractivity contribution >= 4 is 55.1 Å². The fourth-order valence-electron chi connectivity index (χ4n) is 1.64. The predicted octanol–water partition coefficient (Wildman–Crippen LogP) is 6.32. The summed E-state index contributed by atoms with van der Waals surface area (Å²) in [5.74, 6) is 0.594. The van der Waals surface area contributed by atoms with Crippen LogP contribution in [0, 0.1) is 5.82 Å². The van der Waals surface area contributed by atoms with Crippen LogP contribution >= 0.6 is 55.1 Å². The third-order valence-corrected chi connectivity index (χ3v) is 4.48. The number of hydrogen-bond acceptors (Lipinski definition) is 1. The van der Waals surface area contributed by atoms with Crippen LogP contribution in [0.3, 0.4) is 0 Å². The quantitative estimate of drug-likeness (QED) is 0.503. The third kappa shape index (κ3) is 3.67. The highest BCUT2D eigenvalue weighted by molar-refractivity contribution is 9.11. The van der Waals surface area contributed by atoms with E-state index in [1.54, 1.807) is 12.1 Å². The molecule has 0 aromatic heterocycles. The summed E-state index contributed by atoms with van der Waals surface area (Å²) in [6.45, 7) is 0.0446. The molecule has 0 heterocycles. The molecule has 0 N–H and O–H groups in total. The first kappa shape index (κ1) is 16.1. The van der Waals surface area contributed by atoms with Gasteiger partial charge >= 0.3 is 0 Å². The van der Waals surface area contributed by atoms with Gasteiger partial charge in [0.2, 0.25) is 0 Å². The monoisotopic (exact) mass is 440 g/mol. The maximum atomic E-state index is 13.7. The molecule has 106 valence electrons. The van der Waals surface area contributed by atoms with Crippen molar-refractivity contribution < 1.29 is 9.13 Å². The second-order valence-electron chi connectivity index (χ2n) is 4.01. The van der Waals surface area contributed by atoms with Crippen LogP contribution in [-0.4, -0.2) is 0 Å². The number of halogens is 5. The minimum atomic E-state index is -0.387. The van der Waals surface area contributed by atoms with E-state index < -0.39 is 0 Å². The molecule has 0 saturated carbocycles. The number of rotatable bonds is 4. The van der Waals surface area contributed by atoms with Gasteiger partial charge in [-0.15, -0.1) is 11.6 Å². The van der Waals surface area contributed by atoms with Crippen LogP contribution < -0.4 is 4.74 Å². The van der Waals surface area contributed by atoms with Gasteiger partial charge in [-0.25, -0.2) is 4.39 Å². The normalized spacial score (nSPS) is 10.7. The summed E-state index contributed by atoms with van der Waals surface area (Å²) in [5.41, 5.74) is 1.27. The molecule has 20 heavy (non-hydrogen) atoms. The molecule has 0 fully saturated rings. The van der Waals surface area contributed by atoms with Gasteiger partial charge in [-0.1, -0.05) is 17.7 Å². The van der Waals surface area contributed by atoms with E-state index in [1.807, 2.05) is 12.1 Å². The number of ether oxygens (including phenoxy) is 1. The van der Waals surface area contributed by atoms with Crippen LogP contribution in [0.1, 0.15) is 11.1 Å². The standard InChI is InChI=1S/C14H9Br2Cl2FO/c15-10-4-8(6-17)5-11(16)14(10)20-7-9-12(18)2-1-3-13(9)19/h1-5H,6-7H2. The Morgan fingerprint density at radius 2 is 1.80 bits per heavy atom. The van der Waals surface area contributed by atoms with Crippen LogP contribution in [0.25, 0.3) is 0 Å². The van der Waals surface area contributed by atoms with Gasteiger partial charge in [0.25, 0.3) is 0 Å². The molecule has 2 aromatic carbocycles. The molecule has 2 aromatic rings. The largest absolute Gasteiger partial charge is 0.486 e. The zero-order chi connectivity index (χ0) is 14.7. The Balaban J connectivity index is 2.23. The molecule has 0 aliphatic rings. The van der Waals surface area contributed by atoms with Gasteiger partial charge in [0, 0.05) is 11.4 Å². The van der Waals surface area contributed by atoms with Gasteiger partial charge in [0.05, 0.1) is 14.0 Å². The molecule has 0 aliphatic heterocycles. The van der Waals surface area contributed by atoms with Crippen molar-refractivity contribution in [2.75, 3.05) is 0 Å². The molecule has 0 atom stereocenters. The third-order valence-electron chi connectivity index (χ3n) is 2.63. The minimum absolute atomic E-state index is 0.0446. The summed E-state index contributed by atoms with van der Waals surface area (Å²) in [6.07, 6.45) is 0. The van der Waals surface area contributed by atoms with E-state index in [-0.39, 0.29) is 12.4 Å². The van der Waals surface area contributed by atoms with Crippen molar-refractivity contribution in [2.24, 2.45) is 0 Å². The Bertz CT molecular complexity index is 591. The molecule has 0 amide bonds. The first-order valence-electron chi connectivity index (χ1n) is 5.62. The lowest BCUT2D eigenvalue weighted by Crippen LogP contribution is -2.01. The molecule has 0 bridgehead atoms. The van der Waals surface area contributed by atoms with Crippen molar-refractivity contribution in [2.45, 2.75) is 12.5 Å². The summed E-state index contributed by atoms with van der Waals surface area (Å²) in [4.78, 5) is 0. The maximum absolute atomic E-state index is 13.7. The second kappa shape index (κ2) is 7.12. The van der Waals surface area contributed by atoms with E-state index in [0.29, 0.717) is 22.2 Å². The molecule has 0 aliphatic carbocycles. The van der Waals surface area contributed by atoms with Gasteiger partial charge in [-0.2, -0.15) is 0 Å². The Kier molecular flexibility index (Phi) is 5.73. The highest BCUT2D eigenvalue weighted by Gasteiger charge is 2.12. The average Bonchev–Trinajstić information content (AvgIpc) is 2.40. The minimum Gasteiger partial charge on any atom is -0.486 e. The molecule has 0 saturated heterocycles. The van der Waals surface area contributed by atoms with Crippen molar-refractivity contribution in [1.29, 1.82) is 0 Å². The molecular formula is C14H9Br2Cl2FO.